The second kappa shape index (κ2) is 6.35. The largest absolute Gasteiger partial charge is 0.447 e. The highest BCUT2D eigenvalue weighted by atomic mass is 32.2. The van der Waals surface area contributed by atoms with Gasteiger partial charge in [0.2, 0.25) is 0 Å². The van der Waals surface area contributed by atoms with Crippen LogP contribution in [-0.4, -0.2) is 17.3 Å². The molecule has 0 amide bonds. The number of benzene rings is 1. The quantitative estimate of drug-likeness (QED) is 0.616. The van der Waals surface area contributed by atoms with Gasteiger partial charge < -0.3 is 9.73 Å². The van der Waals surface area contributed by atoms with E-state index in [0.29, 0.717) is 0 Å². The highest BCUT2D eigenvalue weighted by Crippen LogP contribution is 2.15. The standard InChI is InChI=1S/C12H14N2OS/c1-2-4-12(5-3-1)16-7-6-13-8-11-9-14-10-15-11/h1-5,9-10,13H,6-8H2. The lowest BCUT2D eigenvalue weighted by molar-refractivity contribution is 0.484. The molecule has 2 aromatic rings. The Bertz CT molecular complexity index is 389. The monoisotopic (exact) mass is 234 g/mol. The number of thioether (sulfide) groups is 1. The van der Waals surface area contributed by atoms with Gasteiger partial charge >= 0.3 is 0 Å². The van der Waals surface area contributed by atoms with Crippen molar-refractivity contribution in [3.8, 4) is 0 Å². The van der Waals surface area contributed by atoms with E-state index in [1.54, 1.807) is 6.20 Å². The molecule has 0 atom stereocenters. The molecule has 0 aliphatic rings. The fraction of sp³-hybridized carbons (Fsp3) is 0.250. The van der Waals surface area contributed by atoms with Gasteiger partial charge in [-0.2, -0.15) is 0 Å². The van der Waals surface area contributed by atoms with Crippen LogP contribution in [0.5, 0.6) is 0 Å². The fourth-order valence-electron chi connectivity index (χ4n) is 1.30. The lowest BCUT2D eigenvalue weighted by atomic mass is 10.4. The first-order valence-corrected chi connectivity index (χ1v) is 6.19. The van der Waals surface area contributed by atoms with Crippen LogP contribution < -0.4 is 5.32 Å². The zero-order valence-corrected chi connectivity index (χ0v) is 9.74. The first kappa shape index (κ1) is 11.2. The van der Waals surface area contributed by atoms with Crippen LogP contribution in [0.3, 0.4) is 0 Å². The summed E-state index contributed by atoms with van der Waals surface area (Å²) >= 11 is 1.85. The van der Waals surface area contributed by atoms with Gasteiger partial charge in [0.05, 0.1) is 12.7 Å². The van der Waals surface area contributed by atoms with Crippen LogP contribution >= 0.6 is 11.8 Å². The van der Waals surface area contributed by atoms with E-state index in [0.717, 1.165) is 24.6 Å². The Kier molecular flexibility index (Phi) is 4.46. The van der Waals surface area contributed by atoms with Crippen molar-refractivity contribution in [1.29, 1.82) is 0 Å². The van der Waals surface area contributed by atoms with E-state index >= 15 is 0 Å². The molecule has 1 N–H and O–H groups in total. The molecule has 0 aliphatic carbocycles. The Hall–Kier alpha value is -1.26. The van der Waals surface area contributed by atoms with Crippen LogP contribution in [0.1, 0.15) is 5.76 Å². The zero-order chi connectivity index (χ0) is 11.1. The van der Waals surface area contributed by atoms with E-state index in [4.69, 9.17) is 4.42 Å². The van der Waals surface area contributed by atoms with Crippen LogP contribution in [0.25, 0.3) is 0 Å². The molecule has 0 radical (unpaired) electrons. The molecule has 4 heteroatoms. The lowest BCUT2D eigenvalue weighted by Gasteiger charge is -2.02. The number of rotatable bonds is 6. The van der Waals surface area contributed by atoms with Crippen molar-refractivity contribution >= 4 is 11.8 Å². The molecule has 0 aliphatic heterocycles. The summed E-state index contributed by atoms with van der Waals surface area (Å²) in [6.45, 7) is 1.70. The summed E-state index contributed by atoms with van der Waals surface area (Å²) in [7, 11) is 0. The van der Waals surface area contributed by atoms with Crippen molar-refractivity contribution < 1.29 is 4.42 Å². The van der Waals surface area contributed by atoms with Gasteiger partial charge in [0.25, 0.3) is 0 Å². The fourth-order valence-corrected chi connectivity index (χ4v) is 2.13. The van der Waals surface area contributed by atoms with E-state index in [1.165, 1.54) is 11.3 Å². The molecular weight excluding hydrogens is 220 g/mol. The van der Waals surface area contributed by atoms with Crippen molar-refractivity contribution in [2.45, 2.75) is 11.4 Å². The minimum atomic E-state index is 0.745. The molecule has 0 bridgehead atoms. The maximum absolute atomic E-state index is 5.12. The highest BCUT2D eigenvalue weighted by molar-refractivity contribution is 7.99. The first-order chi connectivity index (χ1) is 7.95. The van der Waals surface area contributed by atoms with Crippen molar-refractivity contribution in [1.82, 2.24) is 10.3 Å². The molecule has 1 aromatic carbocycles. The Labute approximate surface area is 99.3 Å². The van der Waals surface area contributed by atoms with Crippen molar-refractivity contribution in [2.75, 3.05) is 12.3 Å². The van der Waals surface area contributed by atoms with E-state index in [1.807, 2.05) is 17.8 Å². The smallest absolute Gasteiger partial charge is 0.180 e. The third-order valence-electron chi connectivity index (χ3n) is 2.07. The van der Waals surface area contributed by atoms with Crippen molar-refractivity contribution in [3.63, 3.8) is 0 Å². The molecule has 0 saturated carbocycles. The number of hydrogen-bond acceptors (Lipinski definition) is 4. The molecule has 16 heavy (non-hydrogen) atoms. The summed E-state index contributed by atoms with van der Waals surface area (Å²) < 4.78 is 5.12. The van der Waals surface area contributed by atoms with Gasteiger partial charge in [0.15, 0.2) is 6.39 Å². The summed E-state index contributed by atoms with van der Waals surface area (Å²) in [5, 5.41) is 3.30. The molecule has 0 spiro atoms. The topological polar surface area (TPSA) is 38.1 Å². The van der Waals surface area contributed by atoms with Gasteiger partial charge in [-0.1, -0.05) is 18.2 Å². The lowest BCUT2D eigenvalue weighted by Crippen LogP contribution is -2.15. The number of oxazole rings is 1. The van der Waals surface area contributed by atoms with E-state index in [-0.39, 0.29) is 0 Å². The first-order valence-electron chi connectivity index (χ1n) is 5.21. The average Bonchev–Trinajstić information content (AvgIpc) is 2.83. The van der Waals surface area contributed by atoms with Crippen LogP contribution in [0.15, 0.2) is 52.2 Å². The third-order valence-corrected chi connectivity index (χ3v) is 3.09. The van der Waals surface area contributed by atoms with Crippen molar-refractivity contribution in [3.05, 3.63) is 48.7 Å². The summed E-state index contributed by atoms with van der Waals surface area (Å²) in [6, 6.07) is 10.4. The van der Waals surface area contributed by atoms with Gasteiger partial charge in [-0.05, 0) is 12.1 Å². The highest BCUT2D eigenvalue weighted by Gasteiger charge is 1.95. The van der Waals surface area contributed by atoms with Gasteiger partial charge in [-0.25, -0.2) is 4.98 Å². The van der Waals surface area contributed by atoms with Gasteiger partial charge in [-0.3, -0.25) is 0 Å². The van der Waals surface area contributed by atoms with Gasteiger partial charge in [0, 0.05) is 17.2 Å². The molecule has 0 unspecified atom stereocenters. The summed E-state index contributed by atoms with van der Waals surface area (Å²) in [5.41, 5.74) is 0. The number of nitrogens with one attached hydrogen (secondary N) is 1. The predicted octanol–water partition coefficient (Wildman–Crippen LogP) is 2.56. The molecule has 0 saturated heterocycles. The summed E-state index contributed by atoms with van der Waals surface area (Å²) in [4.78, 5) is 5.17. The van der Waals surface area contributed by atoms with Crippen LogP contribution in [0, 0.1) is 0 Å². The van der Waals surface area contributed by atoms with Crippen LogP contribution in [-0.2, 0) is 6.54 Å². The molecule has 84 valence electrons. The normalized spacial score (nSPS) is 10.5. The third kappa shape index (κ3) is 3.72. The Morgan fingerprint density at radius 3 is 2.88 bits per heavy atom. The molecule has 2 rings (SSSR count). The van der Waals surface area contributed by atoms with Crippen LogP contribution in [0.2, 0.25) is 0 Å². The van der Waals surface area contributed by atoms with E-state index in [9.17, 15) is 0 Å². The maximum atomic E-state index is 5.12. The number of hydrogen-bond donors (Lipinski definition) is 1. The number of aromatic nitrogens is 1. The Morgan fingerprint density at radius 2 is 2.12 bits per heavy atom. The predicted molar refractivity (Wildman–Crippen MR) is 65.4 cm³/mol. The van der Waals surface area contributed by atoms with Crippen LogP contribution in [0.4, 0.5) is 0 Å². The van der Waals surface area contributed by atoms with E-state index < -0.39 is 0 Å². The SMILES string of the molecule is c1ccc(SCCNCc2cnco2)cc1. The van der Waals surface area contributed by atoms with Crippen molar-refractivity contribution in [2.24, 2.45) is 0 Å². The number of nitrogens with zero attached hydrogens (tertiary/aromatic N) is 1. The zero-order valence-electron chi connectivity index (χ0n) is 8.93. The second-order valence-electron chi connectivity index (χ2n) is 3.31. The molecule has 1 aromatic heterocycles. The Morgan fingerprint density at radius 1 is 1.25 bits per heavy atom. The minimum absolute atomic E-state index is 0.745. The molecular formula is C12H14N2OS. The molecule has 1 heterocycles. The van der Waals surface area contributed by atoms with Gasteiger partial charge in [0.1, 0.15) is 5.76 Å². The van der Waals surface area contributed by atoms with Gasteiger partial charge in [-0.15, -0.1) is 11.8 Å². The van der Waals surface area contributed by atoms with E-state index in [2.05, 4.69) is 34.6 Å². The maximum Gasteiger partial charge on any atom is 0.180 e. The summed E-state index contributed by atoms with van der Waals surface area (Å²) in [5.74, 6) is 1.93. The minimum Gasteiger partial charge on any atom is -0.447 e. The molecule has 0 fully saturated rings. The molecule has 3 nitrogen and oxygen atoms in total. The summed E-state index contributed by atoms with van der Waals surface area (Å²) in [6.07, 6.45) is 3.19. The Balaban J connectivity index is 1.59. The average molecular weight is 234 g/mol. The second-order valence-corrected chi connectivity index (χ2v) is 4.47.